The van der Waals surface area contributed by atoms with Gasteiger partial charge in [-0.1, -0.05) is 6.07 Å². The predicted octanol–water partition coefficient (Wildman–Crippen LogP) is 4.41. The van der Waals surface area contributed by atoms with E-state index in [1.54, 1.807) is 37.2 Å². The zero-order valence-corrected chi connectivity index (χ0v) is 23.7. The maximum Gasteiger partial charge on any atom is 0.226 e. The van der Waals surface area contributed by atoms with Gasteiger partial charge in [-0.15, -0.1) is 11.3 Å². The SMILES string of the molecule is COc1cc2[nH]ncc2cc1Nc1ncnc2sc3c(c12)CCC(C(=O)N(CCN(C)C)Cc1cccnc1)C3. The summed E-state index contributed by atoms with van der Waals surface area (Å²) in [4.78, 5) is 33.5. The van der Waals surface area contributed by atoms with Crippen LogP contribution in [0, 0.1) is 5.92 Å². The minimum absolute atomic E-state index is 0.0626. The fourth-order valence-electron chi connectivity index (χ4n) is 5.34. The normalized spacial score (nSPS) is 14.9. The summed E-state index contributed by atoms with van der Waals surface area (Å²) < 4.78 is 5.64. The third-order valence-corrected chi connectivity index (χ3v) is 8.60. The van der Waals surface area contributed by atoms with Crippen LogP contribution in [0.3, 0.4) is 0 Å². The van der Waals surface area contributed by atoms with Gasteiger partial charge in [0.1, 0.15) is 22.7 Å². The van der Waals surface area contributed by atoms with Gasteiger partial charge in [-0.3, -0.25) is 14.9 Å². The Morgan fingerprint density at radius 3 is 2.92 bits per heavy atom. The standard InChI is InChI=1S/C29H32N8O2S/c1-36(2)9-10-37(16-18-5-4-8-30-14-18)29(38)19-6-7-21-25(12-19)40-28-26(21)27(31-17-32-28)34-23-11-20-15-33-35-22(20)13-24(23)39-3/h4-5,8,11,13-15,17,19H,6-7,9-10,12,16H2,1-3H3,(H,33,35)(H,31,32,34). The summed E-state index contributed by atoms with van der Waals surface area (Å²) in [7, 11) is 5.72. The third-order valence-electron chi connectivity index (χ3n) is 7.43. The first-order valence-electron chi connectivity index (χ1n) is 13.4. The van der Waals surface area contributed by atoms with Crippen LogP contribution >= 0.6 is 11.3 Å². The van der Waals surface area contributed by atoms with E-state index in [1.807, 2.05) is 49.5 Å². The molecule has 1 amide bonds. The number of hydrogen-bond donors (Lipinski definition) is 2. The quantitative estimate of drug-likeness (QED) is 0.275. The zero-order chi connectivity index (χ0) is 27.6. The number of aryl methyl sites for hydroxylation is 1. The summed E-state index contributed by atoms with van der Waals surface area (Å²) in [6.07, 6.45) is 9.29. The number of nitrogens with zero attached hydrogens (tertiary/aromatic N) is 6. The molecule has 0 fully saturated rings. The molecule has 5 aromatic rings. The van der Waals surface area contributed by atoms with Crippen molar-refractivity contribution >= 4 is 49.9 Å². The minimum atomic E-state index is -0.0626. The number of aromatic nitrogens is 5. The lowest BCUT2D eigenvalue weighted by molar-refractivity contribution is -0.136. The molecule has 11 heteroatoms. The van der Waals surface area contributed by atoms with Gasteiger partial charge >= 0.3 is 0 Å². The van der Waals surface area contributed by atoms with Crippen molar-refractivity contribution in [1.29, 1.82) is 0 Å². The van der Waals surface area contributed by atoms with E-state index in [-0.39, 0.29) is 11.8 Å². The predicted molar refractivity (Wildman–Crippen MR) is 157 cm³/mol. The number of rotatable bonds is 9. The number of carbonyl (C=O) groups excluding carboxylic acids is 1. The number of carbonyl (C=O) groups is 1. The molecule has 6 rings (SSSR count). The van der Waals surface area contributed by atoms with Crippen LogP contribution in [0.1, 0.15) is 22.4 Å². The second-order valence-electron chi connectivity index (χ2n) is 10.4. The molecule has 1 aliphatic carbocycles. The van der Waals surface area contributed by atoms with Crippen LogP contribution in [0.15, 0.2) is 49.2 Å². The van der Waals surface area contributed by atoms with E-state index >= 15 is 0 Å². The lowest BCUT2D eigenvalue weighted by atomic mass is 9.86. The first-order chi connectivity index (χ1) is 19.5. The van der Waals surface area contributed by atoms with E-state index in [9.17, 15) is 4.79 Å². The van der Waals surface area contributed by atoms with E-state index < -0.39 is 0 Å². The highest BCUT2D eigenvalue weighted by Gasteiger charge is 2.32. The van der Waals surface area contributed by atoms with Crippen molar-refractivity contribution in [2.24, 2.45) is 5.92 Å². The highest BCUT2D eigenvalue weighted by molar-refractivity contribution is 7.19. The van der Waals surface area contributed by atoms with Crippen LogP contribution in [-0.2, 0) is 24.2 Å². The molecule has 0 spiro atoms. The van der Waals surface area contributed by atoms with Crippen LogP contribution in [-0.4, -0.2) is 75.2 Å². The second kappa shape index (κ2) is 11.2. The van der Waals surface area contributed by atoms with Gasteiger partial charge in [0.15, 0.2) is 0 Å². The number of thiophene rings is 1. The molecule has 0 aliphatic heterocycles. The van der Waals surface area contributed by atoms with Gasteiger partial charge in [-0.2, -0.15) is 5.10 Å². The number of ether oxygens (including phenoxy) is 1. The fourth-order valence-corrected chi connectivity index (χ4v) is 6.61. The van der Waals surface area contributed by atoms with Gasteiger partial charge in [0, 0.05) is 54.3 Å². The van der Waals surface area contributed by atoms with Gasteiger partial charge in [0.25, 0.3) is 0 Å². The molecule has 0 bridgehead atoms. The second-order valence-corrected chi connectivity index (χ2v) is 11.5. The number of benzene rings is 1. The summed E-state index contributed by atoms with van der Waals surface area (Å²) >= 11 is 1.67. The fraction of sp³-hybridized carbons (Fsp3) is 0.345. The van der Waals surface area contributed by atoms with Gasteiger partial charge < -0.3 is 19.9 Å². The molecule has 10 nitrogen and oxygen atoms in total. The molecule has 2 N–H and O–H groups in total. The Hall–Kier alpha value is -4.09. The maximum atomic E-state index is 13.8. The summed E-state index contributed by atoms with van der Waals surface area (Å²) in [5.74, 6) is 1.59. The lowest BCUT2D eigenvalue weighted by Crippen LogP contribution is -2.41. The smallest absolute Gasteiger partial charge is 0.226 e. The van der Waals surface area contributed by atoms with E-state index in [0.29, 0.717) is 25.3 Å². The molecule has 0 saturated carbocycles. The Morgan fingerprint density at radius 2 is 2.12 bits per heavy atom. The average Bonchev–Trinajstić information content (AvgIpc) is 3.58. The minimum Gasteiger partial charge on any atom is -0.494 e. The highest BCUT2D eigenvalue weighted by Crippen LogP contribution is 2.42. The van der Waals surface area contributed by atoms with Crippen molar-refractivity contribution in [3.8, 4) is 5.75 Å². The van der Waals surface area contributed by atoms with Crippen LogP contribution in [0.25, 0.3) is 21.1 Å². The van der Waals surface area contributed by atoms with Crippen molar-refractivity contribution in [3.05, 3.63) is 65.2 Å². The lowest BCUT2D eigenvalue weighted by Gasteiger charge is -2.30. The van der Waals surface area contributed by atoms with E-state index in [2.05, 4.69) is 35.4 Å². The average molecular weight is 557 g/mol. The van der Waals surface area contributed by atoms with Crippen molar-refractivity contribution in [1.82, 2.24) is 34.9 Å². The largest absolute Gasteiger partial charge is 0.494 e. The van der Waals surface area contributed by atoms with Gasteiger partial charge in [0.05, 0.1) is 29.9 Å². The number of H-pyrrole nitrogens is 1. The first kappa shape index (κ1) is 26.1. The molecule has 4 aromatic heterocycles. The number of pyridine rings is 1. The number of hydrogen-bond acceptors (Lipinski definition) is 9. The number of amides is 1. The Kier molecular flexibility index (Phi) is 7.31. The van der Waals surface area contributed by atoms with E-state index in [4.69, 9.17) is 4.74 Å². The number of nitrogens with one attached hydrogen (secondary N) is 2. The van der Waals surface area contributed by atoms with Gasteiger partial charge in [-0.05, 0) is 56.6 Å². The Bertz CT molecular complexity index is 1650. The molecule has 0 radical (unpaired) electrons. The van der Waals surface area contributed by atoms with Crippen molar-refractivity contribution < 1.29 is 9.53 Å². The number of likely N-dealkylation sites (N-methyl/N-ethyl adjacent to an activating group) is 1. The summed E-state index contributed by atoms with van der Waals surface area (Å²) in [5, 5.41) is 12.6. The highest BCUT2D eigenvalue weighted by atomic mass is 32.1. The van der Waals surface area contributed by atoms with E-state index in [0.717, 1.165) is 57.6 Å². The van der Waals surface area contributed by atoms with Crippen molar-refractivity contribution in [2.45, 2.75) is 25.8 Å². The Morgan fingerprint density at radius 1 is 1.23 bits per heavy atom. The molecule has 1 aromatic carbocycles. The number of aromatic amines is 1. The molecule has 40 heavy (non-hydrogen) atoms. The number of methoxy groups -OCH3 is 1. The molecule has 1 atom stereocenters. The molecular formula is C29H32N8O2S. The Balaban J connectivity index is 1.27. The molecular weight excluding hydrogens is 524 g/mol. The van der Waals surface area contributed by atoms with Crippen LogP contribution in [0.2, 0.25) is 0 Å². The molecule has 1 aliphatic rings. The summed E-state index contributed by atoms with van der Waals surface area (Å²) in [6, 6.07) is 7.88. The van der Waals surface area contributed by atoms with Gasteiger partial charge in [0.2, 0.25) is 5.91 Å². The molecule has 0 saturated heterocycles. The first-order valence-corrected chi connectivity index (χ1v) is 14.2. The van der Waals surface area contributed by atoms with E-state index in [1.165, 1.54) is 10.4 Å². The third kappa shape index (κ3) is 5.22. The van der Waals surface area contributed by atoms with Crippen LogP contribution < -0.4 is 10.1 Å². The topological polar surface area (TPSA) is 112 Å². The van der Waals surface area contributed by atoms with Crippen LogP contribution in [0.5, 0.6) is 5.75 Å². The van der Waals surface area contributed by atoms with Crippen LogP contribution in [0.4, 0.5) is 11.5 Å². The van der Waals surface area contributed by atoms with Gasteiger partial charge in [-0.25, -0.2) is 9.97 Å². The molecule has 206 valence electrons. The Labute approximate surface area is 236 Å². The maximum absolute atomic E-state index is 13.8. The zero-order valence-electron chi connectivity index (χ0n) is 22.8. The number of fused-ring (bicyclic) bond motifs is 4. The summed E-state index contributed by atoms with van der Waals surface area (Å²) in [6.45, 7) is 2.06. The molecule has 4 heterocycles. The summed E-state index contributed by atoms with van der Waals surface area (Å²) in [5.41, 5.74) is 4.00. The van der Waals surface area contributed by atoms with Crippen molar-refractivity contribution in [2.75, 3.05) is 39.6 Å². The van der Waals surface area contributed by atoms with Crippen molar-refractivity contribution in [3.63, 3.8) is 0 Å². The molecule has 1 unspecified atom stereocenters. The monoisotopic (exact) mass is 556 g/mol. The number of anilines is 2.